The molecule has 0 unspecified atom stereocenters. The number of ether oxygens (including phenoxy) is 1. The molecule has 0 atom stereocenters. The zero-order valence-corrected chi connectivity index (χ0v) is 8.82. The molecule has 1 fully saturated rings. The van der Waals surface area contributed by atoms with Gasteiger partial charge in [0.2, 0.25) is 0 Å². The van der Waals surface area contributed by atoms with Crippen LogP contribution in [0, 0.1) is 0 Å². The Kier molecular flexibility index (Phi) is 3.72. The van der Waals surface area contributed by atoms with E-state index in [0.29, 0.717) is 12.5 Å². The van der Waals surface area contributed by atoms with Crippen LogP contribution in [-0.2, 0) is 16.2 Å². The molecule has 1 aromatic rings. The number of hydrogen-bond acceptors (Lipinski definition) is 3. The van der Waals surface area contributed by atoms with Crippen LogP contribution in [0.15, 0.2) is 24.3 Å². The van der Waals surface area contributed by atoms with Gasteiger partial charge >= 0.3 is 0 Å². The second-order valence-corrected chi connectivity index (χ2v) is 3.94. The summed E-state index contributed by atoms with van der Waals surface area (Å²) >= 11 is 0. The molecule has 1 saturated heterocycles. The molecule has 2 rings (SSSR count). The van der Waals surface area contributed by atoms with E-state index in [2.05, 4.69) is 29.1 Å². The molecule has 1 aliphatic heterocycles. The smallest absolute Gasteiger partial charge is 0.0930 e. The van der Waals surface area contributed by atoms with E-state index in [1.54, 1.807) is 0 Å². The Labute approximate surface area is 90.1 Å². The molecule has 0 bridgehead atoms. The van der Waals surface area contributed by atoms with Gasteiger partial charge in [-0.3, -0.25) is 4.84 Å². The molecular weight excluding hydrogens is 190 g/mol. The van der Waals surface area contributed by atoms with Crippen LogP contribution in [0.4, 0.5) is 0 Å². The van der Waals surface area contributed by atoms with Crippen molar-refractivity contribution < 1.29 is 9.57 Å². The lowest BCUT2D eigenvalue weighted by atomic mass is 9.91. The summed E-state index contributed by atoms with van der Waals surface area (Å²) in [5, 5.41) is 0. The van der Waals surface area contributed by atoms with E-state index in [1.807, 2.05) is 0 Å². The Balaban J connectivity index is 2.02. The van der Waals surface area contributed by atoms with Gasteiger partial charge in [0.1, 0.15) is 0 Å². The van der Waals surface area contributed by atoms with Crippen molar-refractivity contribution in [3.63, 3.8) is 0 Å². The average molecular weight is 207 g/mol. The molecule has 0 aromatic heterocycles. The highest BCUT2D eigenvalue weighted by Crippen LogP contribution is 2.26. The zero-order chi connectivity index (χ0) is 10.5. The fourth-order valence-electron chi connectivity index (χ4n) is 2.01. The van der Waals surface area contributed by atoms with E-state index in [1.165, 1.54) is 5.56 Å². The van der Waals surface area contributed by atoms with Gasteiger partial charge in [0.05, 0.1) is 6.61 Å². The predicted octanol–water partition coefficient (Wildman–Crippen LogP) is 1.97. The second kappa shape index (κ2) is 5.26. The Morgan fingerprint density at radius 3 is 2.47 bits per heavy atom. The maximum Gasteiger partial charge on any atom is 0.0930 e. The summed E-state index contributed by atoms with van der Waals surface area (Å²) in [5.41, 5.74) is 2.52. The highest BCUT2D eigenvalue weighted by atomic mass is 16.6. The molecule has 1 aliphatic rings. The minimum Gasteiger partial charge on any atom is -0.381 e. The first-order valence-corrected chi connectivity index (χ1v) is 5.38. The maximum absolute atomic E-state index is 5.35. The molecule has 1 heterocycles. The first kappa shape index (κ1) is 10.6. The summed E-state index contributed by atoms with van der Waals surface area (Å²) in [6.45, 7) is 2.25. The lowest BCUT2D eigenvalue weighted by molar-refractivity contribution is 0.0853. The molecule has 0 saturated carbocycles. The first-order valence-electron chi connectivity index (χ1n) is 5.38. The number of rotatable bonds is 3. The third kappa shape index (κ3) is 2.78. The van der Waals surface area contributed by atoms with Crippen molar-refractivity contribution in [3.8, 4) is 0 Å². The van der Waals surface area contributed by atoms with Gasteiger partial charge in [0, 0.05) is 13.2 Å². The number of benzene rings is 1. The third-order valence-corrected chi connectivity index (χ3v) is 2.92. The minimum atomic E-state index is 0.480. The van der Waals surface area contributed by atoms with Gasteiger partial charge in [-0.1, -0.05) is 24.3 Å². The normalized spacial score (nSPS) is 17.9. The fourth-order valence-corrected chi connectivity index (χ4v) is 2.01. The standard InChI is InChI=1S/C12H17NO2/c13-15-9-10-1-3-11(4-2-10)12-5-7-14-8-6-12/h1-4,12H,5-9,13H2. The van der Waals surface area contributed by atoms with Crippen molar-refractivity contribution in [2.75, 3.05) is 13.2 Å². The quantitative estimate of drug-likeness (QED) is 0.771. The van der Waals surface area contributed by atoms with E-state index >= 15 is 0 Å². The summed E-state index contributed by atoms with van der Waals surface area (Å²) in [4.78, 5) is 4.59. The van der Waals surface area contributed by atoms with Crippen molar-refractivity contribution in [3.05, 3.63) is 35.4 Å². The van der Waals surface area contributed by atoms with Crippen LogP contribution in [0.3, 0.4) is 0 Å². The average Bonchev–Trinajstić information content (AvgIpc) is 2.32. The van der Waals surface area contributed by atoms with E-state index in [-0.39, 0.29) is 0 Å². The molecule has 3 nitrogen and oxygen atoms in total. The lowest BCUT2D eigenvalue weighted by Gasteiger charge is -2.22. The van der Waals surface area contributed by atoms with Crippen molar-refractivity contribution in [2.45, 2.75) is 25.4 Å². The van der Waals surface area contributed by atoms with Crippen molar-refractivity contribution in [1.82, 2.24) is 0 Å². The predicted molar refractivity (Wildman–Crippen MR) is 58.2 cm³/mol. The van der Waals surface area contributed by atoms with Crippen LogP contribution in [0.1, 0.15) is 29.9 Å². The summed E-state index contributed by atoms with van der Waals surface area (Å²) in [6, 6.07) is 8.50. The molecular formula is C12H17NO2. The SMILES string of the molecule is NOCc1ccc(C2CCOCC2)cc1. The monoisotopic (exact) mass is 207 g/mol. The summed E-state index contributed by atoms with van der Waals surface area (Å²) in [7, 11) is 0. The van der Waals surface area contributed by atoms with E-state index in [9.17, 15) is 0 Å². The fraction of sp³-hybridized carbons (Fsp3) is 0.500. The summed E-state index contributed by atoms with van der Waals surface area (Å²) in [5.74, 6) is 5.68. The Bertz CT molecular complexity index is 291. The van der Waals surface area contributed by atoms with E-state index in [0.717, 1.165) is 31.6 Å². The van der Waals surface area contributed by atoms with E-state index < -0.39 is 0 Å². The lowest BCUT2D eigenvalue weighted by Crippen LogP contribution is -2.14. The van der Waals surface area contributed by atoms with Crippen LogP contribution >= 0.6 is 0 Å². The zero-order valence-electron chi connectivity index (χ0n) is 8.82. The number of hydrogen-bond donors (Lipinski definition) is 1. The van der Waals surface area contributed by atoms with Crippen LogP contribution in [0.5, 0.6) is 0 Å². The molecule has 3 heteroatoms. The highest BCUT2D eigenvalue weighted by Gasteiger charge is 2.15. The molecule has 15 heavy (non-hydrogen) atoms. The Morgan fingerprint density at radius 1 is 1.20 bits per heavy atom. The third-order valence-electron chi connectivity index (χ3n) is 2.92. The van der Waals surface area contributed by atoms with Gasteiger partial charge < -0.3 is 4.74 Å². The molecule has 1 aromatic carbocycles. The Hall–Kier alpha value is -0.900. The van der Waals surface area contributed by atoms with Crippen LogP contribution in [-0.4, -0.2) is 13.2 Å². The largest absolute Gasteiger partial charge is 0.381 e. The van der Waals surface area contributed by atoms with Gasteiger partial charge in [-0.25, -0.2) is 5.90 Å². The molecule has 0 amide bonds. The van der Waals surface area contributed by atoms with Gasteiger partial charge in [-0.15, -0.1) is 0 Å². The topological polar surface area (TPSA) is 44.5 Å². The van der Waals surface area contributed by atoms with Crippen molar-refractivity contribution in [1.29, 1.82) is 0 Å². The molecule has 0 aliphatic carbocycles. The van der Waals surface area contributed by atoms with Crippen molar-refractivity contribution in [2.24, 2.45) is 5.90 Å². The van der Waals surface area contributed by atoms with Gasteiger partial charge in [0.25, 0.3) is 0 Å². The first-order chi connectivity index (χ1) is 7.40. The maximum atomic E-state index is 5.35. The van der Waals surface area contributed by atoms with Gasteiger partial charge in [0.15, 0.2) is 0 Å². The Morgan fingerprint density at radius 2 is 1.87 bits per heavy atom. The van der Waals surface area contributed by atoms with Crippen molar-refractivity contribution >= 4 is 0 Å². The molecule has 0 radical (unpaired) electrons. The number of nitrogens with two attached hydrogens (primary N) is 1. The van der Waals surface area contributed by atoms with Gasteiger partial charge in [-0.05, 0) is 29.9 Å². The second-order valence-electron chi connectivity index (χ2n) is 3.94. The minimum absolute atomic E-state index is 0.480. The highest BCUT2D eigenvalue weighted by molar-refractivity contribution is 5.25. The van der Waals surface area contributed by atoms with Crippen LogP contribution in [0.25, 0.3) is 0 Å². The molecule has 2 N–H and O–H groups in total. The van der Waals surface area contributed by atoms with Crippen LogP contribution in [0.2, 0.25) is 0 Å². The summed E-state index contributed by atoms with van der Waals surface area (Å²) in [6.07, 6.45) is 2.26. The molecule has 82 valence electrons. The molecule has 0 spiro atoms. The van der Waals surface area contributed by atoms with E-state index in [4.69, 9.17) is 10.6 Å². The van der Waals surface area contributed by atoms with Crippen LogP contribution < -0.4 is 5.90 Å². The van der Waals surface area contributed by atoms with Gasteiger partial charge in [-0.2, -0.15) is 0 Å². The summed E-state index contributed by atoms with van der Waals surface area (Å²) < 4.78 is 5.35.